The number of benzene rings is 1. The number of ether oxygens (including phenoxy) is 1. The van der Waals surface area contributed by atoms with Gasteiger partial charge < -0.3 is 4.74 Å². The van der Waals surface area contributed by atoms with Crippen LogP contribution in [0, 0.1) is 12.8 Å². The summed E-state index contributed by atoms with van der Waals surface area (Å²) in [6.07, 6.45) is 4.96. The summed E-state index contributed by atoms with van der Waals surface area (Å²) < 4.78 is 5.35. The Hall–Kier alpha value is -1.35. The molecule has 0 saturated heterocycles. The summed E-state index contributed by atoms with van der Waals surface area (Å²) >= 11 is 0. The highest BCUT2D eigenvalue weighted by atomic mass is 16.5. The third-order valence-electron chi connectivity index (χ3n) is 4.66. The summed E-state index contributed by atoms with van der Waals surface area (Å²) in [4.78, 5) is 14.7. The van der Waals surface area contributed by atoms with Crippen molar-refractivity contribution in [3.63, 3.8) is 0 Å². The third kappa shape index (κ3) is 4.07. The number of carbonyl (C=O) groups is 1. The molecule has 21 heavy (non-hydrogen) atoms. The van der Waals surface area contributed by atoms with Crippen LogP contribution >= 0.6 is 0 Å². The maximum absolute atomic E-state index is 12.5. The van der Waals surface area contributed by atoms with Gasteiger partial charge in [0.1, 0.15) is 5.75 Å². The normalized spacial score (nSPS) is 22.3. The van der Waals surface area contributed by atoms with Gasteiger partial charge in [-0.1, -0.05) is 13.0 Å². The van der Waals surface area contributed by atoms with Crippen molar-refractivity contribution in [3.8, 4) is 5.75 Å². The van der Waals surface area contributed by atoms with Crippen molar-refractivity contribution in [1.82, 2.24) is 4.90 Å². The molecule has 0 amide bonds. The van der Waals surface area contributed by atoms with E-state index in [0.29, 0.717) is 23.9 Å². The van der Waals surface area contributed by atoms with Gasteiger partial charge in [0.2, 0.25) is 0 Å². The molecule has 1 saturated carbocycles. The number of nitrogens with zero attached hydrogens (tertiary/aromatic N) is 1. The number of methoxy groups -OCH3 is 1. The molecule has 0 radical (unpaired) electrons. The van der Waals surface area contributed by atoms with E-state index in [-0.39, 0.29) is 5.78 Å². The first-order chi connectivity index (χ1) is 10.0. The minimum atomic E-state index is 0.146. The van der Waals surface area contributed by atoms with E-state index in [4.69, 9.17) is 4.74 Å². The quantitative estimate of drug-likeness (QED) is 0.774. The van der Waals surface area contributed by atoms with Crippen LogP contribution in [0.15, 0.2) is 18.2 Å². The first-order valence-corrected chi connectivity index (χ1v) is 7.89. The number of hydrogen-bond donors (Lipinski definition) is 0. The third-order valence-corrected chi connectivity index (χ3v) is 4.66. The zero-order valence-electron chi connectivity index (χ0n) is 13.7. The molecular formula is C18H27NO2. The Kier molecular flexibility index (Phi) is 5.40. The van der Waals surface area contributed by atoms with Gasteiger partial charge in [-0.25, -0.2) is 0 Å². The van der Waals surface area contributed by atoms with E-state index in [1.165, 1.54) is 25.7 Å². The predicted molar refractivity (Wildman–Crippen MR) is 86.1 cm³/mol. The van der Waals surface area contributed by atoms with E-state index in [9.17, 15) is 4.79 Å². The Morgan fingerprint density at radius 1 is 1.29 bits per heavy atom. The fourth-order valence-electron chi connectivity index (χ4n) is 3.15. The monoisotopic (exact) mass is 289 g/mol. The first-order valence-electron chi connectivity index (χ1n) is 7.89. The van der Waals surface area contributed by atoms with Gasteiger partial charge in [-0.15, -0.1) is 0 Å². The number of ketones is 1. The second-order valence-electron chi connectivity index (χ2n) is 6.46. The van der Waals surface area contributed by atoms with Gasteiger partial charge >= 0.3 is 0 Å². The van der Waals surface area contributed by atoms with Crippen LogP contribution in [0.3, 0.4) is 0 Å². The lowest BCUT2D eigenvalue weighted by Gasteiger charge is -2.33. The van der Waals surface area contributed by atoms with Crippen molar-refractivity contribution in [2.45, 2.75) is 45.6 Å². The molecule has 3 heteroatoms. The Balaban J connectivity index is 2.01. The zero-order valence-corrected chi connectivity index (χ0v) is 13.7. The topological polar surface area (TPSA) is 29.5 Å². The summed E-state index contributed by atoms with van der Waals surface area (Å²) in [6, 6.07) is 6.32. The van der Waals surface area contributed by atoms with Crippen molar-refractivity contribution in [1.29, 1.82) is 0 Å². The molecule has 1 fully saturated rings. The minimum absolute atomic E-state index is 0.146. The lowest BCUT2D eigenvalue weighted by molar-refractivity contribution is 0.0886. The number of carbonyl (C=O) groups excluding carboxylic acids is 1. The molecule has 3 nitrogen and oxygen atoms in total. The van der Waals surface area contributed by atoms with Crippen LogP contribution in [0.5, 0.6) is 5.75 Å². The fraction of sp³-hybridized carbons (Fsp3) is 0.611. The van der Waals surface area contributed by atoms with Crippen molar-refractivity contribution >= 4 is 5.78 Å². The number of likely N-dealkylation sites (N-methyl/N-ethyl adjacent to an activating group) is 1. The largest absolute Gasteiger partial charge is 0.496 e. The van der Waals surface area contributed by atoms with Crippen LogP contribution < -0.4 is 4.74 Å². The summed E-state index contributed by atoms with van der Waals surface area (Å²) in [5.41, 5.74) is 1.80. The van der Waals surface area contributed by atoms with Crippen LogP contribution in [0.1, 0.15) is 48.5 Å². The van der Waals surface area contributed by atoms with Gasteiger partial charge in [-0.3, -0.25) is 9.69 Å². The second-order valence-corrected chi connectivity index (χ2v) is 6.46. The van der Waals surface area contributed by atoms with Crippen LogP contribution in [0.25, 0.3) is 0 Å². The average molecular weight is 289 g/mol. The maximum atomic E-state index is 12.5. The van der Waals surface area contributed by atoms with Gasteiger partial charge in [0, 0.05) is 6.04 Å². The molecule has 0 unspecified atom stereocenters. The van der Waals surface area contributed by atoms with Gasteiger partial charge in [0.15, 0.2) is 5.78 Å². The number of hydrogen-bond acceptors (Lipinski definition) is 3. The second kappa shape index (κ2) is 7.08. The minimum Gasteiger partial charge on any atom is -0.496 e. The van der Waals surface area contributed by atoms with Crippen LogP contribution in [-0.4, -0.2) is 37.4 Å². The molecule has 0 aromatic heterocycles. The molecule has 0 bridgehead atoms. The Morgan fingerprint density at radius 3 is 2.57 bits per heavy atom. The Bertz CT molecular complexity index is 490. The molecule has 1 aliphatic carbocycles. The van der Waals surface area contributed by atoms with Crippen molar-refractivity contribution in [2.75, 3.05) is 20.7 Å². The average Bonchev–Trinajstić information content (AvgIpc) is 2.47. The number of rotatable bonds is 5. The summed E-state index contributed by atoms with van der Waals surface area (Å²) in [7, 11) is 3.69. The van der Waals surface area contributed by atoms with E-state index in [1.54, 1.807) is 7.11 Å². The van der Waals surface area contributed by atoms with Crippen LogP contribution in [0.2, 0.25) is 0 Å². The fourth-order valence-corrected chi connectivity index (χ4v) is 3.15. The highest BCUT2D eigenvalue weighted by Crippen LogP contribution is 2.27. The molecule has 0 aliphatic heterocycles. The van der Waals surface area contributed by atoms with Gasteiger partial charge in [0.05, 0.1) is 19.2 Å². The number of Topliss-reactive ketones (excluding diaryl/α,β-unsaturated/α-hetero) is 1. The van der Waals surface area contributed by atoms with E-state index in [1.807, 2.05) is 25.1 Å². The van der Waals surface area contributed by atoms with E-state index in [0.717, 1.165) is 11.5 Å². The predicted octanol–water partition coefficient (Wildman–Crippen LogP) is 3.70. The lowest BCUT2D eigenvalue weighted by atomic mass is 9.86. The smallest absolute Gasteiger partial charge is 0.180 e. The van der Waals surface area contributed by atoms with E-state index >= 15 is 0 Å². The summed E-state index contributed by atoms with van der Waals surface area (Å²) in [5.74, 6) is 1.67. The SMILES string of the molecule is COc1cc(C)ccc1C(=O)CN(C)C1CCC(C)CC1. The van der Waals surface area contributed by atoms with E-state index < -0.39 is 0 Å². The molecule has 2 rings (SSSR count). The Labute approximate surface area is 128 Å². The van der Waals surface area contributed by atoms with Crippen molar-refractivity contribution < 1.29 is 9.53 Å². The van der Waals surface area contributed by atoms with Crippen molar-refractivity contribution in [3.05, 3.63) is 29.3 Å². The molecule has 1 aromatic rings. The molecule has 1 aliphatic rings. The lowest BCUT2D eigenvalue weighted by Crippen LogP contribution is -2.38. The highest BCUT2D eigenvalue weighted by Gasteiger charge is 2.24. The molecule has 0 N–H and O–H groups in total. The summed E-state index contributed by atoms with van der Waals surface area (Å²) in [6.45, 7) is 4.79. The van der Waals surface area contributed by atoms with Crippen LogP contribution in [0.4, 0.5) is 0 Å². The Morgan fingerprint density at radius 2 is 1.95 bits per heavy atom. The maximum Gasteiger partial charge on any atom is 0.180 e. The van der Waals surface area contributed by atoms with E-state index in [2.05, 4.69) is 18.9 Å². The van der Waals surface area contributed by atoms with Crippen molar-refractivity contribution in [2.24, 2.45) is 5.92 Å². The molecular weight excluding hydrogens is 262 g/mol. The molecule has 116 valence electrons. The van der Waals surface area contributed by atoms with Crippen LogP contribution in [-0.2, 0) is 0 Å². The van der Waals surface area contributed by atoms with Gasteiger partial charge in [-0.2, -0.15) is 0 Å². The molecule has 0 spiro atoms. The number of aryl methyl sites for hydroxylation is 1. The highest BCUT2D eigenvalue weighted by molar-refractivity contribution is 6.00. The standard InChI is InChI=1S/C18H27NO2/c1-13-5-8-15(9-6-13)19(3)12-17(20)16-10-7-14(2)11-18(16)21-4/h7,10-11,13,15H,5-6,8-9,12H2,1-4H3. The molecule has 0 heterocycles. The first kappa shape index (κ1) is 16.0. The van der Waals surface area contributed by atoms with Gasteiger partial charge in [0.25, 0.3) is 0 Å². The molecule has 1 aromatic carbocycles. The molecule has 0 atom stereocenters. The summed E-state index contributed by atoms with van der Waals surface area (Å²) in [5, 5.41) is 0. The van der Waals surface area contributed by atoms with Gasteiger partial charge in [-0.05, 0) is 63.3 Å². The zero-order chi connectivity index (χ0) is 15.4.